The fourth-order valence-electron chi connectivity index (χ4n) is 2.56. The normalized spacial score (nSPS) is 12.2. The Morgan fingerprint density at radius 1 is 1.40 bits per heavy atom. The first-order valence-corrected chi connectivity index (χ1v) is 9.45. The van der Waals surface area contributed by atoms with Crippen molar-refractivity contribution < 1.29 is 9.53 Å². The second-order valence-electron chi connectivity index (χ2n) is 6.04. The minimum absolute atomic E-state index is 0.00512. The van der Waals surface area contributed by atoms with Gasteiger partial charge < -0.3 is 14.6 Å². The van der Waals surface area contributed by atoms with E-state index < -0.39 is 0 Å². The lowest BCUT2D eigenvalue weighted by Gasteiger charge is -2.13. The SMILES string of the molecule is CCCn1c(SCC(=O)NC(C)COC)nnc1-c1cccc(C)c1. The van der Waals surface area contributed by atoms with E-state index in [-0.39, 0.29) is 11.9 Å². The van der Waals surface area contributed by atoms with Gasteiger partial charge in [-0.1, -0.05) is 42.4 Å². The molecule has 0 radical (unpaired) electrons. The molecule has 0 aliphatic carbocycles. The quantitative estimate of drug-likeness (QED) is 0.695. The molecule has 0 saturated carbocycles. The fraction of sp³-hybridized carbons (Fsp3) is 0.500. The molecule has 7 heteroatoms. The van der Waals surface area contributed by atoms with E-state index in [0.29, 0.717) is 12.4 Å². The van der Waals surface area contributed by atoms with Crippen LogP contribution in [0.2, 0.25) is 0 Å². The highest BCUT2D eigenvalue weighted by Crippen LogP contribution is 2.25. The van der Waals surface area contributed by atoms with E-state index in [1.807, 2.05) is 19.1 Å². The molecule has 0 aliphatic heterocycles. The summed E-state index contributed by atoms with van der Waals surface area (Å²) in [5, 5.41) is 12.3. The van der Waals surface area contributed by atoms with Crippen molar-refractivity contribution in [2.45, 2.75) is 44.9 Å². The van der Waals surface area contributed by atoms with Gasteiger partial charge in [0, 0.05) is 25.3 Å². The molecule has 2 rings (SSSR count). The molecule has 1 aromatic heterocycles. The van der Waals surface area contributed by atoms with Crippen LogP contribution in [0, 0.1) is 6.92 Å². The van der Waals surface area contributed by atoms with Gasteiger partial charge in [-0.2, -0.15) is 0 Å². The lowest BCUT2D eigenvalue weighted by atomic mass is 10.1. The van der Waals surface area contributed by atoms with Gasteiger partial charge in [-0.3, -0.25) is 4.79 Å². The molecule has 1 amide bonds. The summed E-state index contributed by atoms with van der Waals surface area (Å²) in [5.74, 6) is 1.13. The maximum Gasteiger partial charge on any atom is 0.230 e. The highest BCUT2D eigenvalue weighted by atomic mass is 32.2. The van der Waals surface area contributed by atoms with Crippen molar-refractivity contribution in [3.05, 3.63) is 29.8 Å². The Labute approximate surface area is 153 Å². The van der Waals surface area contributed by atoms with Crippen molar-refractivity contribution >= 4 is 17.7 Å². The zero-order valence-corrected chi connectivity index (χ0v) is 16.1. The zero-order valence-electron chi connectivity index (χ0n) is 15.3. The molecule has 1 unspecified atom stereocenters. The molecule has 0 fully saturated rings. The molecule has 2 aromatic rings. The summed E-state index contributed by atoms with van der Waals surface area (Å²) in [6, 6.07) is 8.22. The van der Waals surface area contributed by atoms with Crippen molar-refractivity contribution in [1.82, 2.24) is 20.1 Å². The molecule has 0 bridgehead atoms. The Hall–Kier alpha value is -1.86. The molecule has 1 atom stereocenters. The largest absolute Gasteiger partial charge is 0.383 e. The smallest absolute Gasteiger partial charge is 0.230 e. The van der Waals surface area contributed by atoms with Crippen LogP contribution >= 0.6 is 11.8 Å². The number of thioether (sulfide) groups is 1. The van der Waals surface area contributed by atoms with Crippen LogP contribution in [-0.4, -0.2) is 46.2 Å². The first kappa shape index (κ1) is 19.5. The van der Waals surface area contributed by atoms with Crippen LogP contribution in [-0.2, 0) is 16.1 Å². The molecule has 1 heterocycles. The van der Waals surface area contributed by atoms with Crippen molar-refractivity contribution in [2.24, 2.45) is 0 Å². The summed E-state index contributed by atoms with van der Waals surface area (Å²) < 4.78 is 7.12. The number of carbonyl (C=O) groups excluding carboxylic acids is 1. The molecule has 0 saturated heterocycles. The Balaban J connectivity index is 2.10. The van der Waals surface area contributed by atoms with Gasteiger partial charge in [0.1, 0.15) is 0 Å². The number of aromatic nitrogens is 3. The molecule has 1 N–H and O–H groups in total. The van der Waals surface area contributed by atoms with E-state index in [4.69, 9.17) is 4.74 Å². The van der Waals surface area contributed by atoms with Crippen molar-refractivity contribution in [1.29, 1.82) is 0 Å². The van der Waals surface area contributed by atoms with Gasteiger partial charge in [0.25, 0.3) is 0 Å². The molecule has 0 aliphatic rings. The van der Waals surface area contributed by atoms with E-state index in [1.54, 1.807) is 7.11 Å². The van der Waals surface area contributed by atoms with Gasteiger partial charge in [-0.25, -0.2) is 0 Å². The average Bonchev–Trinajstić information content (AvgIpc) is 2.96. The number of amides is 1. The first-order chi connectivity index (χ1) is 12.0. The van der Waals surface area contributed by atoms with Crippen LogP contribution < -0.4 is 5.32 Å². The molecular formula is C18H26N4O2S. The van der Waals surface area contributed by atoms with E-state index in [2.05, 4.69) is 46.1 Å². The van der Waals surface area contributed by atoms with E-state index >= 15 is 0 Å². The number of hydrogen-bond acceptors (Lipinski definition) is 5. The van der Waals surface area contributed by atoms with Crippen LogP contribution in [0.3, 0.4) is 0 Å². The van der Waals surface area contributed by atoms with Gasteiger partial charge in [-0.05, 0) is 26.3 Å². The Morgan fingerprint density at radius 2 is 2.20 bits per heavy atom. The molecule has 25 heavy (non-hydrogen) atoms. The minimum atomic E-state index is -0.0299. The second-order valence-corrected chi connectivity index (χ2v) is 6.98. The summed E-state index contributed by atoms with van der Waals surface area (Å²) in [6.45, 7) is 7.42. The number of carbonyl (C=O) groups is 1. The molecule has 136 valence electrons. The van der Waals surface area contributed by atoms with Gasteiger partial charge in [0.2, 0.25) is 5.91 Å². The van der Waals surface area contributed by atoms with Crippen molar-refractivity contribution in [2.75, 3.05) is 19.5 Å². The predicted molar refractivity (Wildman–Crippen MR) is 101 cm³/mol. The maximum absolute atomic E-state index is 12.0. The topological polar surface area (TPSA) is 69.0 Å². The van der Waals surface area contributed by atoms with Gasteiger partial charge >= 0.3 is 0 Å². The van der Waals surface area contributed by atoms with Crippen LogP contribution in [0.25, 0.3) is 11.4 Å². The summed E-state index contributed by atoms with van der Waals surface area (Å²) in [4.78, 5) is 12.0. The number of rotatable bonds is 9. The number of nitrogens with zero attached hydrogens (tertiary/aromatic N) is 3. The number of hydrogen-bond donors (Lipinski definition) is 1. The number of ether oxygens (including phenoxy) is 1. The number of benzene rings is 1. The standard InChI is InChI=1S/C18H26N4O2S/c1-5-9-22-17(15-8-6-7-13(2)10-15)20-21-18(22)25-12-16(23)19-14(3)11-24-4/h6-8,10,14H,5,9,11-12H2,1-4H3,(H,19,23). The van der Waals surface area contributed by atoms with Crippen molar-refractivity contribution in [3.8, 4) is 11.4 Å². The summed E-state index contributed by atoms with van der Waals surface area (Å²) in [5.41, 5.74) is 2.23. The third-order valence-corrected chi connectivity index (χ3v) is 4.56. The third-order valence-electron chi connectivity index (χ3n) is 3.60. The van der Waals surface area contributed by atoms with E-state index in [9.17, 15) is 4.79 Å². The first-order valence-electron chi connectivity index (χ1n) is 8.46. The van der Waals surface area contributed by atoms with Crippen LogP contribution in [0.15, 0.2) is 29.4 Å². The molecule has 1 aromatic carbocycles. The van der Waals surface area contributed by atoms with Gasteiger partial charge in [0.15, 0.2) is 11.0 Å². The fourth-order valence-corrected chi connectivity index (χ4v) is 3.33. The average molecular weight is 362 g/mol. The number of aryl methyl sites for hydroxylation is 1. The second kappa shape index (κ2) is 9.58. The van der Waals surface area contributed by atoms with Gasteiger partial charge in [0.05, 0.1) is 12.4 Å². The van der Waals surface area contributed by atoms with Crippen LogP contribution in [0.5, 0.6) is 0 Å². The van der Waals surface area contributed by atoms with Crippen molar-refractivity contribution in [3.63, 3.8) is 0 Å². The summed E-state index contributed by atoms with van der Waals surface area (Å²) in [6.07, 6.45) is 0.974. The van der Waals surface area contributed by atoms with Gasteiger partial charge in [-0.15, -0.1) is 10.2 Å². The number of methoxy groups -OCH3 is 1. The maximum atomic E-state index is 12.0. The molecule has 6 nitrogen and oxygen atoms in total. The predicted octanol–water partition coefficient (Wildman–Crippen LogP) is 2.91. The molecular weight excluding hydrogens is 336 g/mol. The third kappa shape index (κ3) is 5.57. The zero-order chi connectivity index (χ0) is 18.2. The Morgan fingerprint density at radius 3 is 2.88 bits per heavy atom. The Bertz CT molecular complexity index is 702. The highest BCUT2D eigenvalue weighted by Gasteiger charge is 2.16. The summed E-state index contributed by atoms with van der Waals surface area (Å²) >= 11 is 1.41. The highest BCUT2D eigenvalue weighted by molar-refractivity contribution is 7.99. The lowest BCUT2D eigenvalue weighted by Crippen LogP contribution is -2.36. The van der Waals surface area contributed by atoms with Crippen LogP contribution in [0.4, 0.5) is 0 Å². The molecule has 0 spiro atoms. The summed E-state index contributed by atoms with van der Waals surface area (Å²) in [7, 11) is 1.62. The van der Waals surface area contributed by atoms with E-state index in [1.165, 1.54) is 17.3 Å². The monoisotopic (exact) mass is 362 g/mol. The number of nitrogens with one attached hydrogen (secondary N) is 1. The lowest BCUT2D eigenvalue weighted by molar-refractivity contribution is -0.119. The van der Waals surface area contributed by atoms with E-state index in [0.717, 1.165) is 29.5 Å². The van der Waals surface area contributed by atoms with Crippen LogP contribution in [0.1, 0.15) is 25.8 Å². The Kier molecular flexibility index (Phi) is 7.46. The minimum Gasteiger partial charge on any atom is -0.383 e.